The van der Waals surface area contributed by atoms with E-state index in [0.717, 1.165) is 0 Å². The average molecular weight is 495 g/mol. The van der Waals surface area contributed by atoms with Crippen molar-refractivity contribution >= 4 is 35.2 Å². The van der Waals surface area contributed by atoms with Gasteiger partial charge in [0.05, 0.1) is 17.2 Å². The standard InChI is InChI=1S/C26H20ClFN2O5/c1-2-34-23-12-16(11-21(27)24(23)35-15-18-6-3-4-9-22(18)28)10-19(14-29)25(31)30-20-8-5-7-17(13-20)26(32)33/h3-13H,2,15H2,1H3,(H,30,31)(H,32,33)/b19-10-. The number of carbonyl (C=O) groups is 2. The Hall–Kier alpha value is -4.35. The van der Waals surface area contributed by atoms with Crippen LogP contribution in [-0.4, -0.2) is 23.6 Å². The first kappa shape index (κ1) is 25.3. The fraction of sp³-hybridized carbons (Fsp3) is 0.115. The number of nitriles is 1. The maximum atomic E-state index is 13.9. The Morgan fingerprint density at radius 2 is 1.91 bits per heavy atom. The molecular weight excluding hydrogens is 475 g/mol. The van der Waals surface area contributed by atoms with E-state index in [-0.39, 0.29) is 46.6 Å². The number of nitrogens with one attached hydrogen (secondary N) is 1. The Bertz CT molecular complexity index is 1330. The molecule has 0 heterocycles. The molecule has 7 nitrogen and oxygen atoms in total. The Morgan fingerprint density at radius 1 is 1.14 bits per heavy atom. The summed E-state index contributed by atoms with van der Waals surface area (Å²) in [4.78, 5) is 23.7. The van der Waals surface area contributed by atoms with Crippen LogP contribution in [0.15, 0.2) is 66.2 Å². The van der Waals surface area contributed by atoms with Crippen LogP contribution in [0.1, 0.15) is 28.4 Å². The topological polar surface area (TPSA) is 109 Å². The molecule has 3 aromatic carbocycles. The number of benzene rings is 3. The highest BCUT2D eigenvalue weighted by atomic mass is 35.5. The Morgan fingerprint density at radius 3 is 2.60 bits per heavy atom. The first-order valence-corrected chi connectivity index (χ1v) is 10.8. The zero-order chi connectivity index (χ0) is 25.4. The van der Waals surface area contributed by atoms with E-state index in [2.05, 4.69) is 5.32 Å². The minimum absolute atomic E-state index is 0.00982. The van der Waals surface area contributed by atoms with Crippen molar-refractivity contribution in [3.05, 3.63) is 93.8 Å². The largest absolute Gasteiger partial charge is 0.490 e. The number of carbonyl (C=O) groups excluding carboxylic acids is 1. The van der Waals surface area contributed by atoms with Crippen LogP contribution in [0.4, 0.5) is 10.1 Å². The van der Waals surface area contributed by atoms with Crippen LogP contribution < -0.4 is 14.8 Å². The van der Waals surface area contributed by atoms with Gasteiger partial charge in [-0.25, -0.2) is 9.18 Å². The number of halogens is 2. The lowest BCUT2D eigenvalue weighted by Gasteiger charge is -2.15. The summed E-state index contributed by atoms with van der Waals surface area (Å²) in [5.74, 6) is -1.84. The summed E-state index contributed by atoms with van der Waals surface area (Å²) in [6.07, 6.45) is 1.31. The molecule has 1 amide bonds. The maximum Gasteiger partial charge on any atom is 0.335 e. The summed E-state index contributed by atoms with van der Waals surface area (Å²) in [7, 11) is 0. The van der Waals surface area contributed by atoms with Crippen LogP contribution in [0.25, 0.3) is 6.08 Å². The molecule has 0 aromatic heterocycles. The molecule has 9 heteroatoms. The van der Waals surface area contributed by atoms with E-state index in [9.17, 15) is 19.2 Å². The van der Waals surface area contributed by atoms with Crippen molar-refractivity contribution in [1.82, 2.24) is 0 Å². The number of carboxylic acid groups (broad SMARTS) is 1. The molecule has 0 atom stereocenters. The quantitative estimate of drug-likeness (QED) is 0.292. The molecule has 0 unspecified atom stereocenters. The van der Waals surface area contributed by atoms with Crippen LogP contribution >= 0.6 is 11.6 Å². The van der Waals surface area contributed by atoms with Gasteiger partial charge in [-0.2, -0.15) is 5.26 Å². The fourth-order valence-corrected chi connectivity index (χ4v) is 3.36. The fourth-order valence-electron chi connectivity index (χ4n) is 3.08. The molecule has 178 valence electrons. The second-order valence-electron chi connectivity index (χ2n) is 7.15. The lowest BCUT2D eigenvalue weighted by molar-refractivity contribution is -0.112. The van der Waals surface area contributed by atoms with Crippen molar-refractivity contribution in [2.75, 3.05) is 11.9 Å². The summed E-state index contributed by atoms with van der Waals surface area (Å²) in [6.45, 7) is 1.96. The normalized spacial score (nSPS) is 10.9. The summed E-state index contributed by atoms with van der Waals surface area (Å²) in [5, 5.41) is 21.3. The monoisotopic (exact) mass is 494 g/mol. The van der Waals surface area contributed by atoms with Gasteiger partial charge >= 0.3 is 5.97 Å². The third kappa shape index (κ3) is 6.59. The molecule has 0 saturated carbocycles. The molecule has 0 saturated heterocycles. The smallest absolute Gasteiger partial charge is 0.335 e. The van der Waals surface area contributed by atoms with E-state index in [0.29, 0.717) is 11.1 Å². The Kier molecular flexibility index (Phi) is 8.43. The van der Waals surface area contributed by atoms with Crippen molar-refractivity contribution in [2.24, 2.45) is 0 Å². The lowest BCUT2D eigenvalue weighted by atomic mass is 10.1. The molecular formula is C26H20ClFN2O5. The van der Waals surface area contributed by atoms with Crippen LogP contribution in [0.2, 0.25) is 5.02 Å². The van der Waals surface area contributed by atoms with E-state index in [1.165, 1.54) is 42.5 Å². The lowest BCUT2D eigenvalue weighted by Crippen LogP contribution is -2.14. The van der Waals surface area contributed by atoms with Crippen molar-refractivity contribution in [2.45, 2.75) is 13.5 Å². The molecule has 0 radical (unpaired) electrons. The van der Waals surface area contributed by atoms with Crippen molar-refractivity contribution in [3.8, 4) is 17.6 Å². The molecule has 2 N–H and O–H groups in total. The predicted molar refractivity (Wildman–Crippen MR) is 129 cm³/mol. The van der Waals surface area contributed by atoms with Gasteiger partial charge in [-0.15, -0.1) is 0 Å². The summed E-state index contributed by atoms with van der Waals surface area (Å²) in [5.41, 5.74) is 0.697. The molecule has 0 bridgehead atoms. The SMILES string of the molecule is CCOc1cc(/C=C(/C#N)C(=O)Nc2cccc(C(=O)O)c2)cc(Cl)c1OCc1ccccc1F. The third-order valence-electron chi connectivity index (χ3n) is 4.71. The van der Waals surface area contributed by atoms with Crippen LogP contribution in [-0.2, 0) is 11.4 Å². The summed E-state index contributed by atoms with van der Waals surface area (Å²) >= 11 is 6.39. The predicted octanol–water partition coefficient (Wildman–Crippen LogP) is 5.70. The van der Waals surface area contributed by atoms with Crippen LogP contribution in [0.3, 0.4) is 0 Å². The van der Waals surface area contributed by atoms with Gasteiger partial charge in [-0.3, -0.25) is 4.79 Å². The molecule has 3 rings (SSSR count). The highest BCUT2D eigenvalue weighted by Gasteiger charge is 2.16. The zero-order valence-corrected chi connectivity index (χ0v) is 19.3. The van der Waals surface area contributed by atoms with Gasteiger partial charge in [0, 0.05) is 11.3 Å². The van der Waals surface area contributed by atoms with Crippen LogP contribution in [0.5, 0.6) is 11.5 Å². The maximum absolute atomic E-state index is 13.9. The third-order valence-corrected chi connectivity index (χ3v) is 4.99. The molecule has 0 aliphatic rings. The van der Waals surface area contributed by atoms with Gasteiger partial charge in [0.15, 0.2) is 11.5 Å². The number of ether oxygens (including phenoxy) is 2. The minimum atomic E-state index is -1.15. The summed E-state index contributed by atoms with van der Waals surface area (Å²) in [6, 6.07) is 16.7. The number of hydrogen-bond acceptors (Lipinski definition) is 5. The Labute approximate surface area is 206 Å². The molecule has 35 heavy (non-hydrogen) atoms. The first-order chi connectivity index (χ1) is 16.8. The van der Waals surface area contributed by atoms with Gasteiger partial charge in [0.1, 0.15) is 24.1 Å². The number of nitrogens with zero attached hydrogens (tertiary/aromatic N) is 1. The number of amides is 1. The Balaban J connectivity index is 1.85. The second kappa shape index (κ2) is 11.7. The molecule has 0 aliphatic heterocycles. The van der Waals surface area contributed by atoms with Gasteiger partial charge in [-0.05, 0) is 55.0 Å². The number of aromatic carboxylic acids is 1. The van der Waals surface area contributed by atoms with Gasteiger partial charge < -0.3 is 19.9 Å². The van der Waals surface area contributed by atoms with Crippen molar-refractivity contribution in [3.63, 3.8) is 0 Å². The van der Waals surface area contributed by atoms with Gasteiger partial charge in [0.2, 0.25) is 0 Å². The second-order valence-corrected chi connectivity index (χ2v) is 7.56. The highest BCUT2D eigenvalue weighted by molar-refractivity contribution is 6.32. The van der Waals surface area contributed by atoms with Crippen LogP contribution in [0, 0.1) is 17.1 Å². The molecule has 3 aromatic rings. The van der Waals surface area contributed by atoms with E-state index in [1.807, 2.05) is 6.07 Å². The molecule has 0 spiro atoms. The number of hydrogen-bond donors (Lipinski definition) is 2. The number of rotatable bonds is 9. The van der Waals surface area contributed by atoms with E-state index in [4.69, 9.17) is 26.2 Å². The first-order valence-electron chi connectivity index (χ1n) is 10.4. The van der Waals surface area contributed by atoms with E-state index < -0.39 is 17.7 Å². The van der Waals surface area contributed by atoms with E-state index >= 15 is 0 Å². The number of carboxylic acids is 1. The average Bonchev–Trinajstić information content (AvgIpc) is 2.83. The van der Waals surface area contributed by atoms with Crippen molar-refractivity contribution < 1.29 is 28.6 Å². The zero-order valence-electron chi connectivity index (χ0n) is 18.5. The highest BCUT2D eigenvalue weighted by Crippen LogP contribution is 2.38. The minimum Gasteiger partial charge on any atom is -0.490 e. The molecule has 0 aliphatic carbocycles. The molecule has 0 fully saturated rings. The van der Waals surface area contributed by atoms with E-state index in [1.54, 1.807) is 31.2 Å². The number of anilines is 1. The summed E-state index contributed by atoms with van der Waals surface area (Å²) < 4.78 is 25.3. The van der Waals surface area contributed by atoms with Gasteiger partial charge in [0.25, 0.3) is 5.91 Å². The van der Waals surface area contributed by atoms with Crippen molar-refractivity contribution in [1.29, 1.82) is 5.26 Å². The van der Waals surface area contributed by atoms with Gasteiger partial charge in [-0.1, -0.05) is 35.9 Å².